The smallest absolute Gasteiger partial charge is 0.226 e. The Morgan fingerprint density at radius 1 is 1.03 bits per heavy atom. The van der Waals surface area contributed by atoms with Gasteiger partial charge < -0.3 is 15.0 Å². The number of nitrogens with one attached hydrogen (secondary N) is 1. The van der Waals surface area contributed by atoms with Crippen LogP contribution in [-0.2, 0) is 22.5 Å². The third-order valence-corrected chi connectivity index (χ3v) is 5.54. The molecule has 30 heavy (non-hydrogen) atoms. The fourth-order valence-electron chi connectivity index (χ4n) is 3.52. The summed E-state index contributed by atoms with van der Waals surface area (Å²) in [5.74, 6) is -0.0285. The van der Waals surface area contributed by atoms with Crippen LogP contribution < -0.4 is 15.5 Å². The van der Waals surface area contributed by atoms with Gasteiger partial charge in [-0.25, -0.2) is 0 Å². The summed E-state index contributed by atoms with van der Waals surface area (Å²) < 4.78 is 5.42. The van der Waals surface area contributed by atoms with Crippen molar-refractivity contribution in [3.05, 3.63) is 78.1 Å². The highest BCUT2D eigenvalue weighted by atomic mass is 31.0. The number of hydrogen-bond acceptors (Lipinski definition) is 4. The summed E-state index contributed by atoms with van der Waals surface area (Å²) in [5.41, 5.74) is 5.23. The topological polar surface area (TPSA) is 54.5 Å². The van der Waals surface area contributed by atoms with Crippen molar-refractivity contribution in [1.29, 1.82) is 0 Å². The standard InChI is InChI=1S/C24H26N3O2P/c28-24(26-16-18-2-1-3-23(30)14-18)15-21-7-4-20(17-25-21)19-5-8-22(9-6-19)27-10-12-29-13-11-27/h1-9,14,17H,10-13,15-16,30H2,(H,26,28). The molecule has 1 aliphatic heterocycles. The summed E-state index contributed by atoms with van der Waals surface area (Å²) in [5, 5.41) is 4.06. The molecule has 4 rings (SSSR count). The van der Waals surface area contributed by atoms with E-state index in [2.05, 4.69) is 48.7 Å². The number of carbonyl (C=O) groups is 1. The highest BCUT2D eigenvalue weighted by Gasteiger charge is 2.11. The lowest BCUT2D eigenvalue weighted by molar-refractivity contribution is -0.120. The van der Waals surface area contributed by atoms with Crippen LogP contribution >= 0.6 is 9.24 Å². The number of hydrogen-bond donors (Lipinski definition) is 1. The van der Waals surface area contributed by atoms with Gasteiger partial charge in [0.2, 0.25) is 5.91 Å². The Morgan fingerprint density at radius 2 is 1.80 bits per heavy atom. The van der Waals surface area contributed by atoms with Crippen LogP contribution in [0.1, 0.15) is 11.3 Å². The Morgan fingerprint density at radius 3 is 2.50 bits per heavy atom. The largest absolute Gasteiger partial charge is 0.378 e. The number of morpholine rings is 1. The van der Waals surface area contributed by atoms with Crippen LogP contribution in [0.4, 0.5) is 5.69 Å². The molecular weight excluding hydrogens is 393 g/mol. The molecule has 1 N–H and O–H groups in total. The van der Waals surface area contributed by atoms with Crippen LogP contribution in [0, 0.1) is 0 Å². The van der Waals surface area contributed by atoms with Gasteiger partial charge in [0.25, 0.3) is 0 Å². The van der Waals surface area contributed by atoms with E-state index in [-0.39, 0.29) is 12.3 Å². The molecule has 3 aromatic rings. The van der Waals surface area contributed by atoms with Gasteiger partial charge in [-0.2, -0.15) is 0 Å². The molecule has 0 spiro atoms. The molecule has 0 aliphatic carbocycles. The molecule has 1 unspecified atom stereocenters. The fourth-order valence-corrected chi connectivity index (χ4v) is 3.84. The minimum absolute atomic E-state index is 0.0285. The van der Waals surface area contributed by atoms with Crippen molar-refractivity contribution in [2.45, 2.75) is 13.0 Å². The molecule has 2 heterocycles. The predicted octanol–water partition coefficient (Wildman–Crippen LogP) is 2.94. The van der Waals surface area contributed by atoms with Crippen molar-refractivity contribution >= 4 is 26.1 Å². The molecule has 1 saturated heterocycles. The lowest BCUT2D eigenvalue weighted by Crippen LogP contribution is -2.36. The summed E-state index contributed by atoms with van der Waals surface area (Å²) in [6, 6.07) is 20.5. The maximum atomic E-state index is 12.2. The number of nitrogens with zero attached hydrogens (tertiary/aromatic N) is 2. The molecule has 1 atom stereocenters. The number of amides is 1. The van der Waals surface area contributed by atoms with E-state index in [0.29, 0.717) is 6.54 Å². The molecule has 1 aliphatic rings. The fraction of sp³-hybridized carbons (Fsp3) is 0.250. The van der Waals surface area contributed by atoms with Gasteiger partial charge in [-0.1, -0.05) is 42.5 Å². The van der Waals surface area contributed by atoms with Crippen LogP contribution in [0.5, 0.6) is 0 Å². The lowest BCUT2D eigenvalue weighted by atomic mass is 10.1. The first-order valence-electron chi connectivity index (χ1n) is 10.2. The monoisotopic (exact) mass is 419 g/mol. The average Bonchev–Trinajstić information content (AvgIpc) is 2.79. The first-order chi connectivity index (χ1) is 14.7. The Kier molecular flexibility index (Phi) is 6.73. The first kappa shape index (κ1) is 20.5. The molecule has 1 aromatic heterocycles. The number of pyridine rings is 1. The molecule has 5 nitrogen and oxygen atoms in total. The minimum Gasteiger partial charge on any atom is -0.378 e. The Bertz CT molecular complexity index is 984. The SMILES string of the molecule is O=C(Cc1ccc(-c2ccc(N3CCOCC3)cc2)cn1)NCc1cccc(P)c1. The van der Waals surface area contributed by atoms with Crippen LogP contribution in [0.2, 0.25) is 0 Å². The minimum atomic E-state index is -0.0285. The number of ether oxygens (including phenoxy) is 1. The summed E-state index contributed by atoms with van der Waals surface area (Å²) in [6.45, 7) is 3.95. The van der Waals surface area contributed by atoms with Crippen LogP contribution in [0.15, 0.2) is 66.9 Å². The Labute approximate surface area is 179 Å². The number of carbonyl (C=O) groups excluding carboxylic acids is 1. The molecule has 0 bridgehead atoms. The van der Waals surface area contributed by atoms with Gasteiger partial charge >= 0.3 is 0 Å². The number of rotatable bonds is 6. The predicted molar refractivity (Wildman–Crippen MR) is 124 cm³/mol. The Hall–Kier alpha value is -2.75. The van der Waals surface area contributed by atoms with Crippen molar-refractivity contribution in [2.75, 3.05) is 31.2 Å². The molecule has 0 radical (unpaired) electrons. The summed E-state index contributed by atoms with van der Waals surface area (Å²) >= 11 is 0. The van der Waals surface area contributed by atoms with E-state index >= 15 is 0 Å². The number of benzene rings is 2. The molecule has 2 aromatic carbocycles. The van der Waals surface area contributed by atoms with E-state index in [0.717, 1.165) is 54.0 Å². The maximum absolute atomic E-state index is 12.2. The van der Waals surface area contributed by atoms with Gasteiger partial charge in [0, 0.05) is 42.8 Å². The van der Waals surface area contributed by atoms with E-state index < -0.39 is 0 Å². The third-order valence-electron chi connectivity index (χ3n) is 5.18. The molecule has 154 valence electrons. The van der Waals surface area contributed by atoms with Crippen molar-refractivity contribution in [3.63, 3.8) is 0 Å². The number of aromatic nitrogens is 1. The second kappa shape index (κ2) is 9.84. The molecule has 1 fully saturated rings. The summed E-state index contributed by atoms with van der Waals surface area (Å²) in [4.78, 5) is 19.1. The second-order valence-electron chi connectivity index (χ2n) is 7.38. The zero-order valence-corrected chi connectivity index (χ0v) is 18.0. The highest BCUT2D eigenvalue weighted by Crippen LogP contribution is 2.23. The van der Waals surface area contributed by atoms with E-state index in [4.69, 9.17) is 4.74 Å². The quantitative estimate of drug-likeness (QED) is 0.625. The van der Waals surface area contributed by atoms with Crippen LogP contribution in [0.25, 0.3) is 11.1 Å². The van der Waals surface area contributed by atoms with Gasteiger partial charge in [-0.3, -0.25) is 9.78 Å². The van der Waals surface area contributed by atoms with Crippen molar-refractivity contribution < 1.29 is 9.53 Å². The lowest BCUT2D eigenvalue weighted by Gasteiger charge is -2.28. The van der Waals surface area contributed by atoms with Gasteiger partial charge in [-0.05, 0) is 34.6 Å². The molecule has 0 saturated carbocycles. The zero-order chi connectivity index (χ0) is 20.8. The molecular formula is C24H26N3O2P. The van der Waals surface area contributed by atoms with Crippen molar-refractivity contribution in [2.24, 2.45) is 0 Å². The number of anilines is 1. The average molecular weight is 419 g/mol. The van der Waals surface area contributed by atoms with Gasteiger partial charge in [0.15, 0.2) is 0 Å². The van der Waals surface area contributed by atoms with E-state index in [1.807, 2.05) is 42.6 Å². The molecule has 6 heteroatoms. The normalized spacial score (nSPS) is 13.8. The van der Waals surface area contributed by atoms with E-state index in [9.17, 15) is 4.79 Å². The Balaban J connectivity index is 1.32. The van der Waals surface area contributed by atoms with Crippen LogP contribution in [-0.4, -0.2) is 37.2 Å². The summed E-state index contributed by atoms with van der Waals surface area (Å²) in [7, 11) is 2.67. The molecule has 1 amide bonds. The van der Waals surface area contributed by atoms with Gasteiger partial charge in [-0.15, -0.1) is 9.24 Å². The van der Waals surface area contributed by atoms with Gasteiger partial charge in [0.1, 0.15) is 0 Å². The van der Waals surface area contributed by atoms with Crippen molar-refractivity contribution in [3.8, 4) is 11.1 Å². The van der Waals surface area contributed by atoms with Gasteiger partial charge in [0.05, 0.1) is 19.6 Å². The first-order valence-corrected chi connectivity index (χ1v) is 10.7. The zero-order valence-electron chi connectivity index (χ0n) is 16.9. The second-order valence-corrected chi connectivity index (χ2v) is 8.05. The summed E-state index contributed by atoms with van der Waals surface area (Å²) in [6.07, 6.45) is 2.11. The van der Waals surface area contributed by atoms with Crippen molar-refractivity contribution in [1.82, 2.24) is 10.3 Å². The maximum Gasteiger partial charge on any atom is 0.226 e. The highest BCUT2D eigenvalue weighted by molar-refractivity contribution is 7.27. The van der Waals surface area contributed by atoms with E-state index in [1.165, 1.54) is 5.69 Å². The van der Waals surface area contributed by atoms with E-state index in [1.54, 1.807) is 0 Å². The third kappa shape index (κ3) is 5.44. The van der Waals surface area contributed by atoms with Crippen LogP contribution in [0.3, 0.4) is 0 Å².